The molecule has 0 amide bonds. The molecule has 0 aromatic heterocycles. The Morgan fingerprint density at radius 1 is 1.12 bits per heavy atom. The summed E-state index contributed by atoms with van der Waals surface area (Å²) in [5, 5.41) is 11.0. The molecule has 0 aliphatic heterocycles. The van der Waals surface area contributed by atoms with Gasteiger partial charge in [-0.3, -0.25) is 0 Å². The number of alkyl halides is 6. The smallest absolute Gasteiger partial charge is 0.396 e. The van der Waals surface area contributed by atoms with Crippen LogP contribution in [-0.2, 0) is 4.74 Å². The second-order valence-corrected chi connectivity index (χ2v) is 3.29. The van der Waals surface area contributed by atoms with Crippen LogP contribution in [0, 0.1) is 0 Å². The topological polar surface area (TPSA) is 41.5 Å². The van der Waals surface area contributed by atoms with Crippen LogP contribution in [0.3, 0.4) is 0 Å². The third-order valence-corrected chi connectivity index (χ3v) is 1.94. The summed E-state index contributed by atoms with van der Waals surface area (Å²) in [5.41, 5.74) is 0. The molecule has 1 atom stereocenters. The Hall–Kier alpha value is -0.540. The summed E-state index contributed by atoms with van der Waals surface area (Å²) in [5.74, 6) is 0. The predicted molar refractivity (Wildman–Crippen MR) is 46.4 cm³/mol. The molecule has 0 heterocycles. The van der Waals surface area contributed by atoms with Crippen molar-refractivity contribution >= 4 is 0 Å². The first-order valence-corrected chi connectivity index (χ1v) is 4.66. The average Bonchev–Trinajstić information content (AvgIpc) is 2.12. The number of ether oxygens (including phenoxy) is 1. The van der Waals surface area contributed by atoms with Crippen molar-refractivity contribution in [1.29, 1.82) is 0 Å². The highest BCUT2D eigenvalue weighted by Crippen LogP contribution is 2.35. The second-order valence-electron chi connectivity index (χ2n) is 3.29. The van der Waals surface area contributed by atoms with E-state index < -0.39 is 31.1 Å². The summed E-state index contributed by atoms with van der Waals surface area (Å²) in [6, 6.07) is -0.771. The first-order valence-electron chi connectivity index (χ1n) is 4.66. The first kappa shape index (κ1) is 16.5. The molecular weight excluding hydrogens is 256 g/mol. The molecule has 0 radical (unpaired) electrons. The van der Waals surface area contributed by atoms with Gasteiger partial charge in [0.15, 0.2) is 0 Å². The van der Waals surface area contributed by atoms with Crippen molar-refractivity contribution < 1.29 is 36.2 Å². The lowest BCUT2D eigenvalue weighted by Crippen LogP contribution is -2.46. The molecule has 0 fully saturated rings. The SMILES string of the molecule is CNC(CCO)COC(C(F)(F)F)C(F)(F)F. The highest BCUT2D eigenvalue weighted by molar-refractivity contribution is 4.77. The van der Waals surface area contributed by atoms with Crippen LogP contribution in [0.5, 0.6) is 0 Å². The van der Waals surface area contributed by atoms with Crippen molar-refractivity contribution in [2.45, 2.75) is 30.9 Å². The first-order chi connectivity index (χ1) is 7.62. The summed E-state index contributed by atoms with van der Waals surface area (Å²) in [6.45, 7) is -1.15. The Morgan fingerprint density at radius 2 is 1.59 bits per heavy atom. The molecule has 0 rings (SSSR count). The average molecular weight is 269 g/mol. The van der Waals surface area contributed by atoms with E-state index in [1.807, 2.05) is 0 Å². The maximum Gasteiger partial charge on any atom is 0.423 e. The normalized spacial score (nSPS) is 15.4. The molecule has 0 saturated heterocycles. The number of aliphatic hydroxyl groups is 1. The number of nitrogens with one attached hydrogen (secondary N) is 1. The molecule has 0 aromatic carbocycles. The van der Waals surface area contributed by atoms with Crippen molar-refractivity contribution in [2.24, 2.45) is 0 Å². The van der Waals surface area contributed by atoms with Crippen LogP contribution in [0.1, 0.15) is 6.42 Å². The van der Waals surface area contributed by atoms with Crippen LogP contribution in [0.25, 0.3) is 0 Å². The fourth-order valence-corrected chi connectivity index (χ4v) is 1.05. The molecule has 104 valence electrons. The second kappa shape index (κ2) is 6.41. The Morgan fingerprint density at radius 3 is 1.88 bits per heavy atom. The molecule has 0 aliphatic rings. The largest absolute Gasteiger partial charge is 0.423 e. The lowest BCUT2D eigenvalue weighted by Gasteiger charge is -2.25. The number of likely N-dealkylation sites (N-methyl/N-ethyl adjacent to an activating group) is 1. The quantitative estimate of drug-likeness (QED) is 0.717. The molecule has 17 heavy (non-hydrogen) atoms. The lowest BCUT2D eigenvalue weighted by atomic mass is 10.2. The highest BCUT2D eigenvalue weighted by Gasteiger charge is 2.58. The lowest BCUT2D eigenvalue weighted by molar-refractivity contribution is -0.322. The van der Waals surface area contributed by atoms with E-state index in [0.717, 1.165) is 0 Å². The van der Waals surface area contributed by atoms with Gasteiger partial charge in [-0.15, -0.1) is 0 Å². The standard InChI is InChI=1S/C8H13F6NO2/c1-15-5(2-3-16)4-17-6(7(9,10)11)8(12,13)14/h5-6,15-16H,2-4H2,1H3. The van der Waals surface area contributed by atoms with Crippen molar-refractivity contribution in [3.63, 3.8) is 0 Å². The Kier molecular flexibility index (Phi) is 6.20. The zero-order valence-corrected chi connectivity index (χ0v) is 8.90. The summed E-state index contributed by atoms with van der Waals surface area (Å²) in [6.07, 6.45) is -14.8. The highest BCUT2D eigenvalue weighted by atomic mass is 19.4. The van der Waals surface area contributed by atoms with Gasteiger partial charge in [-0.2, -0.15) is 26.3 Å². The van der Waals surface area contributed by atoms with Crippen LogP contribution in [0.2, 0.25) is 0 Å². The van der Waals surface area contributed by atoms with Gasteiger partial charge in [0, 0.05) is 12.6 Å². The van der Waals surface area contributed by atoms with E-state index in [0.29, 0.717) is 0 Å². The van der Waals surface area contributed by atoms with Crippen molar-refractivity contribution in [3.05, 3.63) is 0 Å². The minimum atomic E-state index is -5.50. The van der Waals surface area contributed by atoms with Gasteiger partial charge in [0.2, 0.25) is 6.10 Å². The molecule has 9 heteroatoms. The van der Waals surface area contributed by atoms with E-state index in [-0.39, 0.29) is 13.0 Å². The molecule has 0 spiro atoms. The maximum absolute atomic E-state index is 12.0. The number of halogens is 6. The monoisotopic (exact) mass is 269 g/mol. The van der Waals surface area contributed by atoms with Gasteiger partial charge in [-0.05, 0) is 13.5 Å². The van der Waals surface area contributed by atoms with Crippen molar-refractivity contribution in [2.75, 3.05) is 20.3 Å². The van der Waals surface area contributed by atoms with Crippen LogP contribution < -0.4 is 5.32 Å². The predicted octanol–water partition coefficient (Wildman–Crippen LogP) is 1.47. The maximum atomic E-state index is 12.0. The Balaban J connectivity index is 4.46. The van der Waals surface area contributed by atoms with Gasteiger partial charge < -0.3 is 15.2 Å². The Labute approximate surface area is 93.7 Å². The molecule has 2 N–H and O–H groups in total. The van der Waals surface area contributed by atoms with E-state index in [2.05, 4.69) is 10.1 Å². The molecular formula is C8H13F6NO2. The van der Waals surface area contributed by atoms with Gasteiger partial charge in [0.05, 0.1) is 6.61 Å². The third-order valence-electron chi connectivity index (χ3n) is 1.94. The summed E-state index contributed by atoms with van der Waals surface area (Å²) >= 11 is 0. The van der Waals surface area contributed by atoms with Gasteiger partial charge in [-0.1, -0.05) is 0 Å². The van der Waals surface area contributed by atoms with Crippen LogP contribution in [-0.4, -0.2) is 49.9 Å². The van der Waals surface area contributed by atoms with Gasteiger partial charge in [0.25, 0.3) is 0 Å². The zero-order chi connectivity index (χ0) is 13.7. The van der Waals surface area contributed by atoms with Crippen LogP contribution in [0.4, 0.5) is 26.3 Å². The molecule has 0 aromatic rings. The Bertz CT molecular complexity index is 203. The third kappa shape index (κ3) is 6.08. The van der Waals surface area contributed by atoms with Gasteiger partial charge in [-0.25, -0.2) is 0 Å². The molecule has 0 saturated carbocycles. The summed E-state index contributed by atoms with van der Waals surface area (Å²) < 4.78 is 76.1. The minimum Gasteiger partial charge on any atom is -0.396 e. The zero-order valence-electron chi connectivity index (χ0n) is 8.90. The van der Waals surface area contributed by atoms with E-state index in [4.69, 9.17) is 5.11 Å². The number of hydrogen-bond donors (Lipinski definition) is 2. The fraction of sp³-hybridized carbons (Fsp3) is 1.00. The number of rotatable bonds is 6. The van der Waals surface area contributed by atoms with E-state index in [1.54, 1.807) is 0 Å². The van der Waals surface area contributed by atoms with E-state index in [1.165, 1.54) is 7.05 Å². The van der Waals surface area contributed by atoms with Crippen LogP contribution in [0.15, 0.2) is 0 Å². The molecule has 0 bridgehead atoms. The summed E-state index contributed by atoms with van der Waals surface area (Å²) in [4.78, 5) is 0. The van der Waals surface area contributed by atoms with E-state index >= 15 is 0 Å². The number of hydrogen-bond acceptors (Lipinski definition) is 3. The van der Waals surface area contributed by atoms with Crippen molar-refractivity contribution in [3.8, 4) is 0 Å². The minimum absolute atomic E-state index is 0.00106. The summed E-state index contributed by atoms with van der Waals surface area (Å²) in [7, 11) is 1.35. The molecule has 0 aliphatic carbocycles. The fourth-order valence-electron chi connectivity index (χ4n) is 1.05. The number of aliphatic hydroxyl groups excluding tert-OH is 1. The van der Waals surface area contributed by atoms with Gasteiger partial charge in [0.1, 0.15) is 0 Å². The van der Waals surface area contributed by atoms with E-state index in [9.17, 15) is 26.3 Å². The van der Waals surface area contributed by atoms with Crippen molar-refractivity contribution in [1.82, 2.24) is 5.32 Å². The van der Waals surface area contributed by atoms with Gasteiger partial charge >= 0.3 is 12.4 Å². The molecule has 1 unspecified atom stereocenters. The molecule has 3 nitrogen and oxygen atoms in total. The van der Waals surface area contributed by atoms with Crippen LogP contribution >= 0.6 is 0 Å².